The van der Waals surface area contributed by atoms with Crippen molar-refractivity contribution in [3.8, 4) is 5.69 Å². The third kappa shape index (κ3) is 2.55. The average molecular weight is 273 g/mol. The van der Waals surface area contributed by atoms with Crippen molar-refractivity contribution < 1.29 is 0 Å². The summed E-state index contributed by atoms with van der Waals surface area (Å²) in [5, 5.41) is 4.27. The molecule has 0 aliphatic carbocycles. The van der Waals surface area contributed by atoms with Gasteiger partial charge in [0.25, 0.3) is 5.56 Å². The first-order chi connectivity index (χ1) is 9.36. The zero-order chi connectivity index (χ0) is 14.9. The smallest absolute Gasteiger partial charge is 0.254 e. The van der Waals surface area contributed by atoms with Crippen LogP contribution in [0.25, 0.3) is 5.69 Å². The van der Waals surface area contributed by atoms with Crippen LogP contribution in [0.3, 0.4) is 0 Å². The molecule has 0 spiro atoms. The molecule has 0 aliphatic rings. The molecule has 0 bridgehead atoms. The van der Waals surface area contributed by atoms with E-state index < -0.39 is 0 Å². The zero-order valence-corrected chi connectivity index (χ0v) is 12.9. The molecule has 0 atom stereocenters. The maximum Gasteiger partial charge on any atom is 0.254 e. The number of rotatable bonds is 4. The summed E-state index contributed by atoms with van der Waals surface area (Å²) in [5.74, 6) is 0. The van der Waals surface area contributed by atoms with Crippen molar-refractivity contribution in [1.29, 1.82) is 0 Å². The summed E-state index contributed by atoms with van der Waals surface area (Å²) in [6, 6.07) is 3.98. The van der Waals surface area contributed by atoms with Crippen LogP contribution in [-0.4, -0.2) is 14.3 Å². The molecule has 2 rings (SSSR count). The van der Waals surface area contributed by atoms with Crippen LogP contribution in [0.1, 0.15) is 52.6 Å². The van der Waals surface area contributed by atoms with Crippen LogP contribution < -0.4 is 5.56 Å². The summed E-state index contributed by atoms with van der Waals surface area (Å²) < 4.78 is 3.59. The summed E-state index contributed by atoms with van der Waals surface area (Å²) in [7, 11) is 0. The Hall–Kier alpha value is -1.84. The van der Waals surface area contributed by atoms with E-state index >= 15 is 0 Å². The SMILES string of the molecule is CCC(C)(C)c1cc(-n2cccn2)cn(C(C)C)c1=O. The minimum absolute atomic E-state index is 0.0998. The Morgan fingerprint density at radius 3 is 2.55 bits per heavy atom. The Labute approximate surface area is 120 Å². The van der Waals surface area contributed by atoms with Gasteiger partial charge in [-0.1, -0.05) is 20.8 Å². The van der Waals surface area contributed by atoms with Crippen molar-refractivity contribution in [2.75, 3.05) is 0 Å². The highest BCUT2D eigenvalue weighted by molar-refractivity contribution is 5.35. The van der Waals surface area contributed by atoms with E-state index in [-0.39, 0.29) is 17.0 Å². The Kier molecular flexibility index (Phi) is 3.84. The van der Waals surface area contributed by atoms with Gasteiger partial charge in [0.15, 0.2) is 0 Å². The molecule has 4 heteroatoms. The molecule has 0 radical (unpaired) electrons. The summed E-state index contributed by atoms with van der Waals surface area (Å²) >= 11 is 0. The minimum Gasteiger partial charge on any atom is -0.311 e. The largest absolute Gasteiger partial charge is 0.311 e. The third-order valence-corrected chi connectivity index (χ3v) is 3.97. The van der Waals surface area contributed by atoms with E-state index in [2.05, 4.69) is 25.9 Å². The molecule has 2 aromatic heterocycles. The van der Waals surface area contributed by atoms with Crippen molar-refractivity contribution in [1.82, 2.24) is 14.3 Å². The van der Waals surface area contributed by atoms with E-state index in [4.69, 9.17) is 0 Å². The molecule has 20 heavy (non-hydrogen) atoms. The van der Waals surface area contributed by atoms with Crippen molar-refractivity contribution in [2.24, 2.45) is 0 Å². The van der Waals surface area contributed by atoms with Crippen LogP contribution in [0.15, 0.2) is 35.5 Å². The highest BCUT2D eigenvalue weighted by Gasteiger charge is 2.24. The molecule has 0 unspecified atom stereocenters. The second-order valence-corrected chi connectivity index (χ2v) is 6.11. The zero-order valence-electron chi connectivity index (χ0n) is 12.9. The molecule has 2 aromatic rings. The molecule has 0 amide bonds. The number of nitrogens with zero attached hydrogens (tertiary/aromatic N) is 3. The first-order valence-electron chi connectivity index (χ1n) is 7.13. The van der Waals surface area contributed by atoms with Gasteiger partial charge in [-0.2, -0.15) is 5.10 Å². The van der Waals surface area contributed by atoms with Crippen LogP contribution in [0, 0.1) is 0 Å². The van der Waals surface area contributed by atoms with Crippen molar-refractivity contribution in [3.05, 3.63) is 46.6 Å². The molecule has 0 saturated carbocycles. The summed E-state index contributed by atoms with van der Waals surface area (Å²) in [5.41, 5.74) is 1.74. The van der Waals surface area contributed by atoms with Gasteiger partial charge in [-0.25, -0.2) is 4.68 Å². The fourth-order valence-electron chi connectivity index (χ4n) is 2.19. The summed E-state index contributed by atoms with van der Waals surface area (Å²) in [4.78, 5) is 12.7. The fraction of sp³-hybridized carbons (Fsp3) is 0.500. The predicted octanol–water partition coefficient (Wildman–Crippen LogP) is 3.30. The second kappa shape index (κ2) is 5.27. The average Bonchev–Trinajstić information content (AvgIpc) is 2.92. The van der Waals surface area contributed by atoms with Gasteiger partial charge in [0, 0.05) is 30.2 Å². The van der Waals surface area contributed by atoms with Crippen LogP contribution >= 0.6 is 0 Å². The predicted molar refractivity (Wildman–Crippen MR) is 81.5 cm³/mol. The number of pyridine rings is 1. The van der Waals surface area contributed by atoms with Crippen molar-refractivity contribution >= 4 is 0 Å². The monoisotopic (exact) mass is 273 g/mol. The lowest BCUT2D eigenvalue weighted by molar-refractivity contribution is 0.481. The minimum atomic E-state index is -0.142. The first kappa shape index (κ1) is 14.6. The summed E-state index contributed by atoms with van der Waals surface area (Å²) in [6.45, 7) is 10.4. The van der Waals surface area contributed by atoms with Gasteiger partial charge in [0.05, 0.1) is 5.69 Å². The van der Waals surface area contributed by atoms with Gasteiger partial charge in [-0.15, -0.1) is 0 Å². The van der Waals surface area contributed by atoms with Crippen LogP contribution in [0.5, 0.6) is 0 Å². The fourth-order valence-corrected chi connectivity index (χ4v) is 2.19. The van der Waals surface area contributed by atoms with Gasteiger partial charge in [0.1, 0.15) is 0 Å². The lowest BCUT2D eigenvalue weighted by Crippen LogP contribution is -2.33. The third-order valence-electron chi connectivity index (χ3n) is 3.97. The molecule has 4 nitrogen and oxygen atoms in total. The van der Waals surface area contributed by atoms with E-state index in [0.717, 1.165) is 17.7 Å². The number of hydrogen-bond acceptors (Lipinski definition) is 2. The number of hydrogen-bond donors (Lipinski definition) is 0. The summed E-state index contributed by atoms with van der Waals surface area (Å²) in [6.07, 6.45) is 6.45. The van der Waals surface area contributed by atoms with E-state index in [9.17, 15) is 4.79 Å². The van der Waals surface area contributed by atoms with Crippen molar-refractivity contribution in [2.45, 2.75) is 52.5 Å². The molecule has 0 aliphatic heterocycles. The van der Waals surface area contributed by atoms with Gasteiger partial charge in [-0.05, 0) is 37.8 Å². The van der Waals surface area contributed by atoms with Crippen LogP contribution in [0.2, 0.25) is 0 Å². The Bertz CT molecular complexity index is 636. The molecule has 2 heterocycles. The molecule has 0 saturated heterocycles. The quantitative estimate of drug-likeness (QED) is 0.857. The van der Waals surface area contributed by atoms with E-state index in [1.165, 1.54) is 0 Å². The van der Waals surface area contributed by atoms with Gasteiger partial charge in [0.2, 0.25) is 0 Å². The van der Waals surface area contributed by atoms with Gasteiger partial charge >= 0.3 is 0 Å². The highest BCUT2D eigenvalue weighted by atomic mass is 16.1. The standard InChI is InChI=1S/C16H23N3O/c1-6-16(4,5)14-10-13(19-9-7-8-17-19)11-18(12(2)3)15(14)20/h7-12H,6H2,1-5H3. The Morgan fingerprint density at radius 2 is 2.05 bits per heavy atom. The maximum absolute atomic E-state index is 12.7. The van der Waals surface area contributed by atoms with Gasteiger partial charge in [-0.3, -0.25) is 4.79 Å². The highest BCUT2D eigenvalue weighted by Crippen LogP contribution is 2.25. The second-order valence-electron chi connectivity index (χ2n) is 6.11. The molecule has 0 N–H and O–H groups in total. The van der Waals surface area contributed by atoms with Crippen LogP contribution in [-0.2, 0) is 5.41 Å². The lowest BCUT2D eigenvalue weighted by Gasteiger charge is -2.25. The maximum atomic E-state index is 12.7. The molecule has 0 fully saturated rings. The first-order valence-corrected chi connectivity index (χ1v) is 7.13. The van der Waals surface area contributed by atoms with Crippen molar-refractivity contribution in [3.63, 3.8) is 0 Å². The van der Waals surface area contributed by atoms with Gasteiger partial charge < -0.3 is 4.57 Å². The number of aromatic nitrogens is 3. The topological polar surface area (TPSA) is 39.8 Å². The Balaban J connectivity index is 2.71. The van der Waals surface area contributed by atoms with Crippen LogP contribution in [0.4, 0.5) is 0 Å². The lowest BCUT2D eigenvalue weighted by atomic mass is 9.83. The van der Waals surface area contributed by atoms with E-state index in [1.54, 1.807) is 15.4 Å². The molecule has 108 valence electrons. The van der Waals surface area contributed by atoms with E-state index in [0.29, 0.717) is 0 Å². The van der Waals surface area contributed by atoms with E-state index in [1.807, 2.05) is 38.4 Å². The molecule has 0 aromatic carbocycles. The molecular weight excluding hydrogens is 250 g/mol. The Morgan fingerprint density at radius 1 is 1.35 bits per heavy atom. The molecular formula is C16H23N3O. The normalized spacial score (nSPS) is 12.1.